The number of piperidine rings is 1. The van der Waals surface area contributed by atoms with E-state index >= 15 is 0 Å². The van der Waals surface area contributed by atoms with Gasteiger partial charge in [0.15, 0.2) is 0 Å². The van der Waals surface area contributed by atoms with Crippen LogP contribution in [0.5, 0.6) is 0 Å². The van der Waals surface area contributed by atoms with Crippen molar-refractivity contribution in [1.29, 1.82) is 0 Å². The first-order chi connectivity index (χ1) is 7.88. The number of halogens is 1. The Morgan fingerprint density at radius 3 is 2.41 bits per heavy atom. The minimum atomic E-state index is 0. The minimum Gasteiger partial charge on any atom is -1.00 e. The van der Waals surface area contributed by atoms with Crippen molar-refractivity contribution in [2.75, 3.05) is 13.1 Å². The van der Waals surface area contributed by atoms with Crippen molar-refractivity contribution < 1.29 is 17.3 Å². The second-order valence-electron chi connectivity index (χ2n) is 5.55. The molecule has 1 saturated heterocycles. The summed E-state index contributed by atoms with van der Waals surface area (Å²) in [4.78, 5) is 1.94. The van der Waals surface area contributed by atoms with Crippen molar-refractivity contribution in [2.24, 2.45) is 0 Å². The van der Waals surface area contributed by atoms with E-state index in [2.05, 4.69) is 13.8 Å². The lowest BCUT2D eigenvalue weighted by Crippen LogP contribution is -3.16. The molecule has 1 N–H and O–H groups in total. The summed E-state index contributed by atoms with van der Waals surface area (Å²) in [5.41, 5.74) is 0. The Morgan fingerprint density at radius 2 is 1.71 bits per heavy atom. The molecular formula is C15H32ClN. The molecule has 0 radical (unpaired) electrons. The summed E-state index contributed by atoms with van der Waals surface area (Å²) in [6.07, 6.45) is 14.5. The number of rotatable bonds is 8. The predicted molar refractivity (Wildman–Crippen MR) is 72.0 cm³/mol. The highest BCUT2D eigenvalue weighted by molar-refractivity contribution is 4.61. The van der Waals surface area contributed by atoms with E-state index in [4.69, 9.17) is 0 Å². The zero-order valence-electron chi connectivity index (χ0n) is 11.9. The molecular weight excluding hydrogens is 230 g/mol. The highest BCUT2D eigenvalue weighted by atomic mass is 35.5. The lowest BCUT2D eigenvalue weighted by molar-refractivity contribution is -0.931. The zero-order valence-corrected chi connectivity index (χ0v) is 12.7. The van der Waals surface area contributed by atoms with Gasteiger partial charge in [-0.3, -0.25) is 0 Å². The van der Waals surface area contributed by atoms with Gasteiger partial charge in [-0.15, -0.1) is 0 Å². The quantitative estimate of drug-likeness (QED) is 0.596. The van der Waals surface area contributed by atoms with Crippen molar-refractivity contribution in [3.63, 3.8) is 0 Å². The van der Waals surface area contributed by atoms with Gasteiger partial charge in [0.1, 0.15) is 0 Å². The molecule has 0 amide bonds. The average Bonchev–Trinajstić information content (AvgIpc) is 2.33. The fraction of sp³-hybridized carbons (Fsp3) is 1.00. The second kappa shape index (κ2) is 11.3. The molecule has 0 aromatic rings. The summed E-state index contributed by atoms with van der Waals surface area (Å²) in [7, 11) is 0. The summed E-state index contributed by atoms with van der Waals surface area (Å²) < 4.78 is 0. The van der Waals surface area contributed by atoms with Crippen LogP contribution in [0.4, 0.5) is 0 Å². The van der Waals surface area contributed by atoms with Crippen LogP contribution in [-0.4, -0.2) is 19.1 Å². The Hall–Kier alpha value is 0.250. The van der Waals surface area contributed by atoms with Gasteiger partial charge in [-0.05, 0) is 44.9 Å². The largest absolute Gasteiger partial charge is 1.00 e. The SMILES string of the molecule is CCCCCC[NH+]1CCCCC1CCCC.[Cl-]. The molecule has 0 saturated carbocycles. The molecule has 1 aliphatic heterocycles. The molecule has 1 aliphatic rings. The lowest BCUT2D eigenvalue weighted by Gasteiger charge is -2.32. The van der Waals surface area contributed by atoms with Gasteiger partial charge in [0.25, 0.3) is 0 Å². The highest BCUT2D eigenvalue weighted by Gasteiger charge is 2.24. The molecule has 2 heteroatoms. The predicted octanol–water partition coefficient (Wildman–Crippen LogP) is 0.198. The normalized spacial score (nSPS) is 24.4. The number of unbranched alkanes of at least 4 members (excludes halogenated alkanes) is 4. The van der Waals surface area contributed by atoms with Gasteiger partial charge in [-0.1, -0.05) is 33.1 Å². The van der Waals surface area contributed by atoms with E-state index in [-0.39, 0.29) is 12.4 Å². The Kier molecular flexibility index (Phi) is 11.5. The molecule has 1 nitrogen and oxygen atoms in total. The van der Waals surface area contributed by atoms with Crippen molar-refractivity contribution in [3.8, 4) is 0 Å². The second-order valence-corrected chi connectivity index (χ2v) is 5.55. The maximum atomic E-state index is 2.32. The van der Waals surface area contributed by atoms with Gasteiger partial charge in [0.05, 0.1) is 19.1 Å². The van der Waals surface area contributed by atoms with Gasteiger partial charge in [-0.25, -0.2) is 0 Å². The number of likely N-dealkylation sites (tertiary alicyclic amines) is 1. The first kappa shape index (κ1) is 17.2. The number of quaternary nitrogens is 1. The molecule has 1 heterocycles. The molecule has 104 valence electrons. The standard InChI is InChI=1S/C15H31N.ClH/c1-3-5-7-9-13-16-14-10-8-12-15(16)11-6-4-2;/h15H,3-14H2,1-2H3;1H. The topological polar surface area (TPSA) is 4.44 Å². The smallest absolute Gasteiger partial charge is 0.0874 e. The minimum absolute atomic E-state index is 0. The molecule has 0 aliphatic carbocycles. The van der Waals surface area contributed by atoms with Crippen LogP contribution in [-0.2, 0) is 0 Å². The van der Waals surface area contributed by atoms with Gasteiger partial charge < -0.3 is 17.3 Å². The first-order valence-electron chi connectivity index (χ1n) is 7.73. The van der Waals surface area contributed by atoms with E-state index in [0.717, 1.165) is 6.04 Å². The average molecular weight is 262 g/mol. The fourth-order valence-electron chi connectivity index (χ4n) is 3.06. The maximum absolute atomic E-state index is 2.32. The Balaban J connectivity index is 0.00000256. The molecule has 0 spiro atoms. The van der Waals surface area contributed by atoms with Crippen LogP contribution in [0.15, 0.2) is 0 Å². The van der Waals surface area contributed by atoms with E-state index in [9.17, 15) is 0 Å². The fourth-order valence-corrected chi connectivity index (χ4v) is 3.06. The van der Waals surface area contributed by atoms with Crippen molar-refractivity contribution >= 4 is 0 Å². The lowest BCUT2D eigenvalue weighted by atomic mass is 9.97. The third-order valence-electron chi connectivity index (χ3n) is 4.14. The van der Waals surface area contributed by atoms with E-state index < -0.39 is 0 Å². The molecule has 1 fully saturated rings. The van der Waals surface area contributed by atoms with Crippen LogP contribution in [0, 0.1) is 0 Å². The first-order valence-corrected chi connectivity index (χ1v) is 7.73. The van der Waals surface area contributed by atoms with E-state index in [1.165, 1.54) is 77.3 Å². The highest BCUT2D eigenvalue weighted by Crippen LogP contribution is 2.09. The third-order valence-corrected chi connectivity index (χ3v) is 4.14. The molecule has 2 unspecified atom stereocenters. The summed E-state index contributed by atoms with van der Waals surface area (Å²) >= 11 is 0. The van der Waals surface area contributed by atoms with E-state index in [0.29, 0.717) is 0 Å². The molecule has 0 aromatic heterocycles. The van der Waals surface area contributed by atoms with Gasteiger partial charge in [0.2, 0.25) is 0 Å². The summed E-state index contributed by atoms with van der Waals surface area (Å²) in [6.45, 7) is 7.54. The van der Waals surface area contributed by atoms with Crippen LogP contribution >= 0.6 is 0 Å². The van der Waals surface area contributed by atoms with Crippen LogP contribution in [0.2, 0.25) is 0 Å². The van der Waals surface area contributed by atoms with Crippen LogP contribution in [0.25, 0.3) is 0 Å². The Bertz CT molecular complexity index is 161. The molecule has 0 aromatic carbocycles. The number of hydrogen-bond acceptors (Lipinski definition) is 0. The maximum Gasteiger partial charge on any atom is 0.0874 e. The molecule has 2 atom stereocenters. The van der Waals surface area contributed by atoms with Crippen molar-refractivity contribution in [2.45, 2.75) is 84.1 Å². The van der Waals surface area contributed by atoms with Crippen LogP contribution in [0.1, 0.15) is 78.1 Å². The Labute approximate surface area is 115 Å². The van der Waals surface area contributed by atoms with Gasteiger partial charge >= 0.3 is 0 Å². The molecule has 0 bridgehead atoms. The molecule has 17 heavy (non-hydrogen) atoms. The van der Waals surface area contributed by atoms with Gasteiger partial charge in [0, 0.05) is 0 Å². The monoisotopic (exact) mass is 261 g/mol. The van der Waals surface area contributed by atoms with Crippen molar-refractivity contribution in [1.82, 2.24) is 0 Å². The number of nitrogens with one attached hydrogen (secondary N) is 1. The van der Waals surface area contributed by atoms with Crippen LogP contribution < -0.4 is 17.3 Å². The summed E-state index contributed by atoms with van der Waals surface area (Å²) in [5.74, 6) is 0. The zero-order chi connectivity index (χ0) is 11.6. The number of hydrogen-bond donors (Lipinski definition) is 1. The summed E-state index contributed by atoms with van der Waals surface area (Å²) in [5, 5.41) is 0. The van der Waals surface area contributed by atoms with E-state index in [1.807, 2.05) is 4.90 Å². The Morgan fingerprint density at radius 1 is 0.941 bits per heavy atom. The molecule has 1 rings (SSSR count). The third kappa shape index (κ3) is 7.31. The summed E-state index contributed by atoms with van der Waals surface area (Å²) in [6, 6.07) is 1.01. The van der Waals surface area contributed by atoms with Gasteiger partial charge in [-0.2, -0.15) is 0 Å². The van der Waals surface area contributed by atoms with Crippen LogP contribution in [0.3, 0.4) is 0 Å². The van der Waals surface area contributed by atoms with E-state index in [1.54, 1.807) is 0 Å². The van der Waals surface area contributed by atoms with Crippen molar-refractivity contribution in [3.05, 3.63) is 0 Å².